The summed E-state index contributed by atoms with van der Waals surface area (Å²) in [6.07, 6.45) is 2.37. The molecule has 1 aromatic rings. The van der Waals surface area contributed by atoms with Gasteiger partial charge in [-0.1, -0.05) is 12.1 Å². The molecular formula is C16H23FN2. The van der Waals surface area contributed by atoms with Crippen LogP contribution in [0.2, 0.25) is 0 Å². The van der Waals surface area contributed by atoms with Crippen molar-refractivity contribution in [1.29, 1.82) is 0 Å². The minimum Gasteiger partial charge on any atom is -0.309 e. The maximum absolute atomic E-state index is 13.2. The van der Waals surface area contributed by atoms with Gasteiger partial charge in [0.15, 0.2) is 0 Å². The first-order chi connectivity index (χ1) is 9.11. The van der Waals surface area contributed by atoms with Crippen molar-refractivity contribution >= 4 is 0 Å². The minimum absolute atomic E-state index is 0.106. The normalized spacial score (nSPS) is 35.9. The van der Waals surface area contributed by atoms with E-state index in [-0.39, 0.29) is 5.82 Å². The number of rotatable bonds is 2. The molecule has 1 aliphatic heterocycles. The van der Waals surface area contributed by atoms with Crippen LogP contribution in [0.5, 0.6) is 0 Å². The van der Waals surface area contributed by atoms with Crippen molar-refractivity contribution < 1.29 is 4.39 Å². The zero-order chi connectivity index (χ0) is 13.4. The van der Waals surface area contributed by atoms with Gasteiger partial charge in [-0.2, -0.15) is 0 Å². The maximum Gasteiger partial charge on any atom is 0.123 e. The SMILES string of the molecule is C[C@@H]1CN(C2CC(c3cccc(F)c3)C2)C[C@@H](C)N1. The van der Waals surface area contributed by atoms with E-state index in [1.165, 1.54) is 24.5 Å². The Labute approximate surface area is 115 Å². The molecule has 2 nitrogen and oxygen atoms in total. The second-order valence-electron chi connectivity index (χ2n) is 6.30. The van der Waals surface area contributed by atoms with Crippen molar-refractivity contribution in [1.82, 2.24) is 10.2 Å². The Bertz CT molecular complexity index is 432. The Morgan fingerprint density at radius 1 is 1.16 bits per heavy atom. The topological polar surface area (TPSA) is 15.3 Å². The molecule has 2 fully saturated rings. The van der Waals surface area contributed by atoms with Crippen molar-refractivity contribution in [2.45, 2.75) is 50.7 Å². The zero-order valence-electron chi connectivity index (χ0n) is 11.8. The van der Waals surface area contributed by atoms with E-state index in [1.807, 2.05) is 6.07 Å². The fraction of sp³-hybridized carbons (Fsp3) is 0.625. The predicted molar refractivity (Wildman–Crippen MR) is 75.8 cm³/mol. The van der Waals surface area contributed by atoms with Crippen LogP contribution >= 0.6 is 0 Å². The van der Waals surface area contributed by atoms with Gasteiger partial charge in [0.2, 0.25) is 0 Å². The molecule has 1 aromatic carbocycles. The van der Waals surface area contributed by atoms with Crippen LogP contribution in [0.15, 0.2) is 24.3 Å². The highest BCUT2D eigenvalue weighted by molar-refractivity contribution is 5.24. The van der Waals surface area contributed by atoms with Gasteiger partial charge in [-0.25, -0.2) is 4.39 Å². The lowest BCUT2D eigenvalue weighted by molar-refractivity contribution is 0.0646. The summed E-state index contributed by atoms with van der Waals surface area (Å²) in [7, 11) is 0. The van der Waals surface area contributed by atoms with Crippen molar-refractivity contribution in [2.24, 2.45) is 0 Å². The van der Waals surface area contributed by atoms with E-state index < -0.39 is 0 Å². The Balaban J connectivity index is 1.58. The van der Waals surface area contributed by atoms with E-state index in [9.17, 15) is 4.39 Å². The van der Waals surface area contributed by atoms with E-state index >= 15 is 0 Å². The summed E-state index contributed by atoms with van der Waals surface area (Å²) in [6.45, 7) is 6.80. The molecule has 0 amide bonds. The molecule has 3 rings (SSSR count). The molecule has 0 aromatic heterocycles. The first-order valence-electron chi connectivity index (χ1n) is 7.37. The number of piperazine rings is 1. The zero-order valence-corrected chi connectivity index (χ0v) is 11.8. The molecule has 3 heteroatoms. The van der Waals surface area contributed by atoms with Gasteiger partial charge in [0.25, 0.3) is 0 Å². The van der Waals surface area contributed by atoms with Crippen LogP contribution in [0.4, 0.5) is 4.39 Å². The number of halogens is 1. The third-order valence-corrected chi connectivity index (χ3v) is 4.54. The molecule has 19 heavy (non-hydrogen) atoms. The standard InChI is InChI=1S/C16H23FN2/c1-11-9-19(10-12(2)18-11)16-7-14(8-16)13-4-3-5-15(17)6-13/h3-6,11-12,14,16,18H,7-10H2,1-2H3/t11-,12-,14?,16?/m1/s1. The van der Waals surface area contributed by atoms with Gasteiger partial charge in [0.05, 0.1) is 0 Å². The summed E-state index contributed by atoms with van der Waals surface area (Å²) < 4.78 is 13.2. The van der Waals surface area contributed by atoms with Gasteiger partial charge in [0, 0.05) is 31.2 Å². The molecule has 1 aliphatic carbocycles. The first-order valence-corrected chi connectivity index (χ1v) is 7.37. The van der Waals surface area contributed by atoms with Crippen LogP contribution in [0.3, 0.4) is 0 Å². The molecule has 2 atom stereocenters. The minimum atomic E-state index is -0.106. The highest BCUT2D eigenvalue weighted by Gasteiger charge is 2.36. The lowest BCUT2D eigenvalue weighted by Gasteiger charge is -2.47. The smallest absolute Gasteiger partial charge is 0.123 e. The lowest BCUT2D eigenvalue weighted by Crippen LogP contribution is -2.59. The van der Waals surface area contributed by atoms with Gasteiger partial charge < -0.3 is 5.32 Å². The lowest BCUT2D eigenvalue weighted by atomic mass is 9.74. The molecule has 1 N–H and O–H groups in total. The Morgan fingerprint density at radius 3 is 2.47 bits per heavy atom. The van der Waals surface area contributed by atoms with E-state index in [0.29, 0.717) is 24.0 Å². The number of hydrogen-bond donors (Lipinski definition) is 1. The van der Waals surface area contributed by atoms with Gasteiger partial charge in [0.1, 0.15) is 5.82 Å². The summed E-state index contributed by atoms with van der Waals surface area (Å²) in [4.78, 5) is 2.61. The fourth-order valence-electron chi connectivity index (χ4n) is 3.59. The Hall–Kier alpha value is -0.930. The summed E-state index contributed by atoms with van der Waals surface area (Å²) in [5.74, 6) is 0.451. The molecule has 1 heterocycles. The molecule has 1 saturated heterocycles. The molecule has 0 radical (unpaired) electrons. The van der Waals surface area contributed by atoms with Crippen molar-refractivity contribution in [3.05, 3.63) is 35.6 Å². The second-order valence-corrected chi connectivity index (χ2v) is 6.30. The fourth-order valence-corrected chi connectivity index (χ4v) is 3.59. The van der Waals surface area contributed by atoms with Gasteiger partial charge >= 0.3 is 0 Å². The summed E-state index contributed by atoms with van der Waals surface area (Å²) >= 11 is 0. The van der Waals surface area contributed by atoms with Gasteiger partial charge in [-0.3, -0.25) is 4.90 Å². The van der Waals surface area contributed by atoms with E-state index in [4.69, 9.17) is 0 Å². The predicted octanol–water partition coefficient (Wildman–Crippen LogP) is 2.75. The van der Waals surface area contributed by atoms with Crippen LogP contribution in [0.1, 0.15) is 38.2 Å². The van der Waals surface area contributed by atoms with Gasteiger partial charge in [-0.15, -0.1) is 0 Å². The third kappa shape index (κ3) is 2.82. The van der Waals surface area contributed by atoms with Crippen LogP contribution in [0, 0.1) is 5.82 Å². The van der Waals surface area contributed by atoms with Crippen LogP contribution < -0.4 is 5.32 Å². The molecule has 0 bridgehead atoms. The van der Waals surface area contributed by atoms with Crippen LogP contribution in [-0.4, -0.2) is 36.1 Å². The number of hydrogen-bond acceptors (Lipinski definition) is 2. The average Bonchev–Trinajstić information content (AvgIpc) is 2.25. The third-order valence-electron chi connectivity index (χ3n) is 4.54. The van der Waals surface area contributed by atoms with Gasteiger partial charge in [-0.05, 0) is 50.3 Å². The average molecular weight is 262 g/mol. The van der Waals surface area contributed by atoms with Crippen molar-refractivity contribution in [3.63, 3.8) is 0 Å². The quantitative estimate of drug-likeness (QED) is 0.881. The summed E-state index contributed by atoms with van der Waals surface area (Å²) in [6, 6.07) is 8.97. The molecule has 0 spiro atoms. The maximum atomic E-state index is 13.2. The number of nitrogens with zero attached hydrogens (tertiary/aromatic N) is 1. The largest absolute Gasteiger partial charge is 0.309 e. The molecule has 104 valence electrons. The molecular weight excluding hydrogens is 239 g/mol. The molecule has 0 unspecified atom stereocenters. The number of nitrogens with one attached hydrogen (secondary N) is 1. The van der Waals surface area contributed by atoms with Crippen LogP contribution in [0.25, 0.3) is 0 Å². The summed E-state index contributed by atoms with van der Waals surface area (Å²) in [5.41, 5.74) is 1.17. The van der Waals surface area contributed by atoms with Crippen LogP contribution in [-0.2, 0) is 0 Å². The Kier molecular flexibility index (Phi) is 3.59. The highest BCUT2D eigenvalue weighted by Crippen LogP contribution is 2.40. The first kappa shape index (κ1) is 13.1. The van der Waals surface area contributed by atoms with Crippen molar-refractivity contribution in [3.8, 4) is 0 Å². The molecule has 2 aliphatic rings. The second kappa shape index (κ2) is 5.22. The number of benzene rings is 1. The Morgan fingerprint density at radius 2 is 1.84 bits per heavy atom. The van der Waals surface area contributed by atoms with E-state index in [0.717, 1.165) is 13.1 Å². The monoisotopic (exact) mass is 262 g/mol. The van der Waals surface area contributed by atoms with E-state index in [2.05, 4.69) is 30.1 Å². The highest BCUT2D eigenvalue weighted by atomic mass is 19.1. The molecule has 1 saturated carbocycles. The van der Waals surface area contributed by atoms with Crippen molar-refractivity contribution in [2.75, 3.05) is 13.1 Å². The summed E-state index contributed by atoms with van der Waals surface area (Å²) in [5, 5.41) is 3.57. The van der Waals surface area contributed by atoms with E-state index in [1.54, 1.807) is 6.07 Å².